The Kier molecular flexibility index (Phi) is 4.03. The molecule has 0 radical (unpaired) electrons. The van der Waals surface area contributed by atoms with Crippen molar-refractivity contribution in [3.8, 4) is 11.1 Å². The van der Waals surface area contributed by atoms with Crippen LogP contribution in [0.5, 0.6) is 0 Å². The molecule has 0 heterocycles. The number of anilines is 2. The Balaban J connectivity index is 1.72. The quantitative estimate of drug-likeness (QED) is 0.354. The zero-order valence-corrected chi connectivity index (χ0v) is 17.6. The van der Waals surface area contributed by atoms with E-state index in [-0.39, 0.29) is 5.41 Å². The maximum Gasteiger partial charge on any atom is 0.0492 e. The maximum absolute atomic E-state index is 2.47. The molecule has 1 nitrogen and oxygen atoms in total. The third-order valence-electron chi connectivity index (χ3n) is 6.39. The van der Waals surface area contributed by atoms with Crippen LogP contribution in [-0.4, -0.2) is 6.04 Å². The summed E-state index contributed by atoms with van der Waals surface area (Å²) in [6.07, 6.45) is 0. The Morgan fingerprint density at radius 3 is 2.21 bits per heavy atom. The molecular weight excluding hydrogens is 350 g/mol. The van der Waals surface area contributed by atoms with Crippen LogP contribution in [0.25, 0.3) is 21.9 Å². The zero-order chi connectivity index (χ0) is 20.2. The predicted molar refractivity (Wildman–Crippen MR) is 125 cm³/mol. The van der Waals surface area contributed by atoms with Crippen LogP contribution in [-0.2, 0) is 5.41 Å². The third-order valence-corrected chi connectivity index (χ3v) is 6.39. The second kappa shape index (κ2) is 6.49. The number of hydrogen-bond acceptors (Lipinski definition) is 1. The number of rotatable bonds is 3. The van der Waals surface area contributed by atoms with Gasteiger partial charge in [0.1, 0.15) is 0 Å². The Morgan fingerprint density at radius 2 is 1.38 bits per heavy atom. The van der Waals surface area contributed by atoms with Crippen molar-refractivity contribution in [1.29, 1.82) is 0 Å². The molecule has 4 aromatic carbocycles. The molecule has 1 aliphatic carbocycles. The lowest BCUT2D eigenvalue weighted by Gasteiger charge is -2.31. The second-order valence-electron chi connectivity index (χ2n) is 8.86. The van der Waals surface area contributed by atoms with Crippen LogP contribution in [0.3, 0.4) is 0 Å². The highest BCUT2D eigenvalue weighted by Gasteiger charge is 2.35. The number of nitrogens with zero attached hydrogens (tertiary/aromatic N) is 1. The summed E-state index contributed by atoms with van der Waals surface area (Å²) < 4.78 is 0. The number of fused-ring (bicyclic) bond motifs is 4. The van der Waals surface area contributed by atoms with Crippen molar-refractivity contribution in [3.05, 3.63) is 96.1 Å². The average Bonchev–Trinajstić information content (AvgIpc) is 2.95. The standard InChI is InChI=1S/C28H27N/c1-19(2)29(27-15-9-11-20-10-5-6-12-22(20)27)21-16-17-26-24(18-21)23-13-7-8-14-25(23)28(26,3)4/h5-19H,1-4H3. The SMILES string of the molecule is CC(C)N(c1ccc2c(c1)-c1ccccc1C2(C)C)c1cccc2ccccc12. The predicted octanol–water partition coefficient (Wildman–Crippen LogP) is 7.69. The van der Waals surface area contributed by atoms with E-state index in [0.29, 0.717) is 6.04 Å². The topological polar surface area (TPSA) is 3.24 Å². The molecule has 1 aliphatic rings. The van der Waals surface area contributed by atoms with Gasteiger partial charge in [0, 0.05) is 28.2 Å². The van der Waals surface area contributed by atoms with E-state index in [4.69, 9.17) is 0 Å². The summed E-state index contributed by atoms with van der Waals surface area (Å²) in [6, 6.07) is 31.5. The van der Waals surface area contributed by atoms with Crippen molar-refractivity contribution in [3.63, 3.8) is 0 Å². The fraction of sp³-hybridized carbons (Fsp3) is 0.214. The van der Waals surface area contributed by atoms with E-state index in [1.807, 2.05) is 0 Å². The van der Waals surface area contributed by atoms with E-state index in [0.717, 1.165) is 0 Å². The summed E-state index contributed by atoms with van der Waals surface area (Å²) in [7, 11) is 0. The van der Waals surface area contributed by atoms with Gasteiger partial charge in [0.2, 0.25) is 0 Å². The normalized spacial score (nSPS) is 14.1. The average molecular weight is 378 g/mol. The summed E-state index contributed by atoms with van der Waals surface area (Å²) in [5.41, 5.74) is 8.15. The van der Waals surface area contributed by atoms with E-state index >= 15 is 0 Å². The summed E-state index contributed by atoms with van der Waals surface area (Å²) in [6.45, 7) is 9.21. The van der Waals surface area contributed by atoms with Gasteiger partial charge in [-0.05, 0) is 59.7 Å². The van der Waals surface area contributed by atoms with Crippen molar-refractivity contribution in [2.75, 3.05) is 4.90 Å². The molecule has 0 amide bonds. The van der Waals surface area contributed by atoms with Gasteiger partial charge in [0.25, 0.3) is 0 Å². The van der Waals surface area contributed by atoms with Crippen LogP contribution in [0, 0.1) is 0 Å². The molecule has 0 atom stereocenters. The van der Waals surface area contributed by atoms with E-state index in [1.165, 1.54) is 44.4 Å². The molecule has 0 aromatic heterocycles. The van der Waals surface area contributed by atoms with E-state index in [2.05, 4.69) is 118 Å². The summed E-state index contributed by atoms with van der Waals surface area (Å²) in [5.74, 6) is 0. The van der Waals surface area contributed by atoms with Crippen LogP contribution >= 0.6 is 0 Å². The molecule has 29 heavy (non-hydrogen) atoms. The van der Waals surface area contributed by atoms with E-state index < -0.39 is 0 Å². The molecular formula is C28H27N. The van der Waals surface area contributed by atoms with Gasteiger partial charge in [-0.1, -0.05) is 80.6 Å². The summed E-state index contributed by atoms with van der Waals surface area (Å²) >= 11 is 0. The number of hydrogen-bond donors (Lipinski definition) is 0. The first-order valence-corrected chi connectivity index (χ1v) is 10.5. The highest BCUT2D eigenvalue weighted by molar-refractivity contribution is 5.97. The zero-order valence-electron chi connectivity index (χ0n) is 17.6. The minimum atomic E-state index is 0.0482. The molecule has 0 fully saturated rings. The largest absolute Gasteiger partial charge is 0.338 e. The van der Waals surface area contributed by atoms with Crippen molar-refractivity contribution >= 4 is 22.1 Å². The smallest absolute Gasteiger partial charge is 0.0492 e. The Bertz CT molecular complexity index is 1210. The highest BCUT2D eigenvalue weighted by atomic mass is 15.2. The Hall–Kier alpha value is -3.06. The lowest BCUT2D eigenvalue weighted by atomic mass is 9.82. The first-order chi connectivity index (χ1) is 14.0. The summed E-state index contributed by atoms with van der Waals surface area (Å²) in [4.78, 5) is 2.47. The number of benzene rings is 4. The molecule has 0 unspecified atom stereocenters. The molecule has 1 heteroatoms. The van der Waals surface area contributed by atoms with Gasteiger partial charge in [-0.25, -0.2) is 0 Å². The van der Waals surface area contributed by atoms with Gasteiger partial charge >= 0.3 is 0 Å². The van der Waals surface area contributed by atoms with E-state index in [9.17, 15) is 0 Å². The van der Waals surface area contributed by atoms with Crippen molar-refractivity contribution < 1.29 is 0 Å². The first-order valence-electron chi connectivity index (χ1n) is 10.5. The van der Waals surface area contributed by atoms with Gasteiger partial charge in [-0.2, -0.15) is 0 Å². The first kappa shape index (κ1) is 18.0. The van der Waals surface area contributed by atoms with Gasteiger partial charge in [0.15, 0.2) is 0 Å². The summed E-state index contributed by atoms with van der Waals surface area (Å²) in [5, 5.41) is 2.58. The van der Waals surface area contributed by atoms with Gasteiger partial charge in [0.05, 0.1) is 0 Å². The molecule has 144 valence electrons. The fourth-order valence-corrected chi connectivity index (χ4v) is 4.99. The minimum Gasteiger partial charge on any atom is -0.338 e. The molecule has 0 saturated carbocycles. The van der Waals surface area contributed by atoms with Gasteiger partial charge in [-0.15, -0.1) is 0 Å². The van der Waals surface area contributed by atoms with Crippen LogP contribution in [0.15, 0.2) is 84.9 Å². The van der Waals surface area contributed by atoms with Crippen molar-refractivity contribution in [1.82, 2.24) is 0 Å². The Morgan fingerprint density at radius 1 is 0.690 bits per heavy atom. The molecule has 0 bridgehead atoms. The van der Waals surface area contributed by atoms with E-state index in [1.54, 1.807) is 0 Å². The maximum atomic E-state index is 2.47. The highest BCUT2D eigenvalue weighted by Crippen LogP contribution is 2.50. The van der Waals surface area contributed by atoms with Crippen molar-refractivity contribution in [2.45, 2.75) is 39.2 Å². The molecule has 5 rings (SSSR count). The van der Waals surface area contributed by atoms with Crippen LogP contribution < -0.4 is 4.90 Å². The molecule has 0 spiro atoms. The molecule has 0 aliphatic heterocycles. The molecule has 0 saturated heterocycles. The lowest BCUT2D eigenvalue weighted by molar-refractivity contribution is 0.660. The lowest BCUT2D eigenvalue weighted by Crippen LogP contribution is -2.25. The van der Waals surface area contributed by atoms with Gasteiger partial charge in [-0.3, -0.25) is 0 Å². The molecule has 0 N–H and O–H groups in total. The fourth-order valence-electron chi connectivity index (χ4n) is 4.99. The van der Waals surface area contributed by atoms with Crippen LogP contribution in [0.2, 0.25) is 0 Å². The van der Waals surface area contributed by atoms with Crippen molar-refractivity contribution in [2.24, 2.45) is 0 Å². The van der Waals surface area contributed by atoms with Crippen LogP contribution in [0.4, 0.5) is 11.4 Å². The third kappa shape index (κ3) is 2.68. The monoisotopic (exact) mass is 377 g/mol. The van der Waals surface area contributed by atoms with Gasteiger partial charge < -0.3 is 4.90 Å². The Labute approximate surface area is 173 Å². The van der Waals surface area contributed by atoms with Crippen LogP contribution in [0.1, 0.15) is 38.8 Å². The molecule has 4 aromatic rings. The second-order valence-corrected chi connectivity index (χ2v) is 8.86. The minimum absolute atomic E-state index is 0.0482.